The van der Waals surface area contributed by atoms with Crippen molar-refractivity contribution in [1.82, 2.24) is 15.3 Å². The van der Waals surface area contributed by atoms with Gasteiger partial charge in [0.2, 0.25) is 5.60 Å². The van der Waals surface area contributed by atoms with Crippen molar-refractivity contribution in [3.63, 3.8) is 0 Å². The molecule has 0 saturated carbocycles. The second-order valence-corrected chi connectivity index (χ2v) is 6.05. The Morgan fingerprint density at radius 2 is 2.00 bits per heavy atom. The van der Waals surface area contributed by atoms with E-state index < -0.39 is 17.5 Å². The van der Waals surface area contributed by atoms with Gasteiger partial charge < -0.3 is 20.6 Å². The molecule has 0 bridgehead atoms. The first-order chi connectivity index (χ1) is 13.0. The van der Waals surface area contributed by atoms with Gasteiger partial charge in [0, 0.05) is 25.2 Å². The van der Waals surface area contributed by atoms with Crippen molar-refractivity contribution in [3.05, 3.63) is 54.0 Å². The number of amides is 1. The number of nitrogens with one attached hydrogen (secondary N) is 1. The van der Waals surface area contributed by atoms with Crippen LogP contribution in [0.25, 0.3) is 0 Å². The molecule has 1 aromatic heterocycles. The third-order valence-electron chi connectivity index (χ3n) is 4.12. The van der Waals surface area contributed by atoms with Gasteiger partial charge in [-0.3, -0.25) is 4.79 Å². The maximum Gasteiger partial charge on any atom is 0.353 e. The van der Waals surface area contributed by atoms with Crippen LogP contribution < -0.4 is 11.1 Å². The molecule has 27 heavy (non-hydrogen) atoms. The standard InChI is InChI=1S/C18H19N5O4/c1-26-17(25)18(9-12-5-3-2-4-6-12)10-13(23-27-18)11-22-16(24)14-15(19)21-8-7-20-14/h2-8H,9-11H2,1H3,(H2,19,21)(H,22,24). The summed E-state index contributed by atoms with van der Waals surface area (Å²) in [5, 5.41) is 6.63. The van der Waals surface area contributed by atoms with E-state index in [0.717, 1.165) is 5.56 Å². The molecule has 0 spiro atoms. The molecular formula is C18H19N5O4. The fourth-order valence-electron chi connectivity index (χ4n) is 2.82. The number of methoxy groups -OCH3 is 1. The van der Waals surface area contributed by atoms with Crippen LogP contribution in [0.1, 0.15) is 22.5 Å². The number of rotatable bonds is 6. The molecule has 1 atom stereocenters. The summed E-state index contributed by atoms with van der Waals surface area (Å²) in [6.07, 6.45) is 3.28. The van der Waals surface area contributed by atoms with Gasteiger partial charge in [0.15, 0.2) is 11.5 Å². The number of carbonyl (C=O) groups excluding carboxylic acids is 2. The highest BCUT2D eigenvalue weighted by Crippen LogP contribution is 2.29. The number of carbonyl (C=O) groups is 2. The van der Waals surface area contributed by atoms with Gasteiger partial charge in [-0.1, -0.05) is 35.5 Å². The fourth-order valence-corrected chi connectivity index (χ4v) is 2.82. The van der Waals surface area contributed by atoms with E-state index in [1.807, 2.05) is 30.3 Å². The van der Waals surface area contributed by atoms with Gasteiger partial charge in [0.1, 0.15) is 0 Å². The summed E-state index contributed by atoms with van der Waals surface area (Å²) >= 11 is 0. The number of nitrogens with two attached hydrogens (primary N) is 1. The van der Waals surface area contributed by atoms with E-state index in [1.54, 1.807) is 0 Å². The van der Waals surface area contributed by atoms with E-state index in [9.17, 15) is 9.59 Å². The zero-order valence-corrected chi connectivity index (χ0v) is 14.7. The molecule has 1 unspecified atom stereocenters. The lowest BCUT2D eigenvalue weighted by atomic mass is 9.89. The first kappa shape index (κ1) is 18.3. The maximum atomic E-state index is 12.3. The maximum absolute atomic E-state index is 12.3. The van der Waals surface area contributed by atoms with Crippen molar-refractivity contribution >= 4 is 23.4 Å². The van der Waals surface area contributed by atoms with Crippen LogP contribution in [0.4, 0.5) is 5.82 Å². The van der Waals surface area contributed by atoms with Crippen molar-refractivity contribution < 1.29 is 19.2 Å². The van der Waals surface area contributed by atoms with E-state index >= 15 is 0 Å². The smallest absolute Gasteiger partial charge is 0.353 e. The lowest BCUT2D eigenvalue weighted by Crippen LogP contribution is -2.43. The van der Waals surface area contributed by atoms with Crippen molar-refractivity contribution in [2.75, 3.05) is 19.4 Å². The van der Waals surface area contributed by atoms with Gasteiger partial charge in [-0.15, -0.1) is 0 Å². The van der Waals surface area contributed by atoms with Crippen LogP contribution in [-0.2, 0) is 20.8 Å². The number of hydrogen-bond donors (Lipinski definition) is 2. The molecule has 0 radical (unpaired) electrons. The Labute approximate surface area is 155 Å². The van der Waals surface area contributed by atoms with Crippen LogP contribution in [0.15, 0.2) is 47.9 Å². The number of oxime groups is 1. The molecule has 0 saturated heterocycles. The second-order valence-electron chi connectivity index (χ2n) is 6.05. The highest BCUT2D eigenvalue weighted by atomic mass is 16.7. The van der Waals surface area contributed by atoms with Gasteiger partial charge in [-0.25, -0.2) is 14.8 Å². The van der Waals surface area contributed by atoms with E-state index in [0.29, 0.717) is 12.1 Å². The molecule has 2 heterocycles. The number of nitrogens with zero attached hydrogens (tertiary/aromatic N) is 3. The third kappa shape index (κ3) is 4.02. The van der Waals surface area contributed by atoms with E-state index in [2.05, 4.69) is 20.4 Å². The molecule has 2 aromatic rings. The summed E-state index contributed by atoms with van der Waals surface area (Å²) in [5.41, 5.74) is 5.84. The average molecular weight is 369 g/mol. The van der Waals surface area contributed by atoms with E-state index in [-0.39, 0.29) is 24.5 Å². The first-order valence-electron chi connectivity index (χ1n) is 8.25. The Balaban J connectivity index is 1.66. The zero-order valence-electron chi connectivity index (χ0n) is 14.7. The summed E-state index contributed by atoms with van der Waals surface area (Å²) in [4.78, 5) is 37.7. The normalized spacial score (nSPS) is 18.3. The molecule has 140 valence electrons. The fraction of sp³-hybridized carbons (Fsp3) is 0.278. The van der Waals surface area contributed by atoms with Gasteiger partial charge in [0.25, 0.3) is 5.91 Å². The summed E-state index contributed by atoms with van der Waals surface area (Å²) in [6, 6.07) is 9.43. The molecule has 1 aromatic carbocycles. The van der Waals surface area contributed by atoms with Crippen LogP contribution in [0, 0.1) is 0 Å². The minimum Gasteiger partial charge on any atom is -0.466 e. The Morgan fingerprint density at radius 1 is 1.26 bits per heavy atom. The van der Waals surface area contributed by atoms with Gasteiger partial charge in [0.05, 0.1) is 19.4 Å². The number of aromatic nitrogens is 2. The van der Waals surface area contributed by atoms with Gasteiger partial charge in [-0.05, 0) is 5.56 Å². The van der Waals surface area contributed by atoms with Crippen LogP contribution in [0.5, 0.6) is 0 Å². The van der Waals surface area contributed by atoms with Crippen molar-refractivity contribution in [1.29, 1.82) is 0 Å². The molecule has 1 amide bonds. The predicted octanol–water partition coefficient (Wildman–Crippen LogP) is 0.719. The number of ether oxygens (including phenoxy) is 1. The molecule has 1 aliphatic heterocycles. The summed E-state index contributed by atoms with van der Waals surface area (Å²) < 4.78 is 4.91. The SMILES string of the molecule is COC(=O)C1(Cc2ccccc2)CC(CNC(=O)c2nccnc2N)=NO1. The van der Waals surface area contributed by atoms with Crippen molar-refractivity contribution in [2.24, 2.45) is 5.16 Å². The van der Waals surface area contributed by atoms with Crippen LogP contribution in [0.2, 0.25) is 0 Å². The number of esters is 1. The topological polar surface area (TPSA) is 129 Å². The number of anilines is 1. The Morgan fingerprint density at radius 3 is 2.70 bits per heavy atom. The molecule has 0 aliphatic carbocycles. The molecule has 1 aliphatic rings. The molecule has 0 fully saturated rings. The quantitative estimate of drug-likeness (QED) is 0.718. The lowest BCUT2D eigenvalue weighted by molar-refractivity contribution is -0.166. The Bertz CT molecular complexity index is 871. The van der Waals surface area contributed by atoms with Gasteiger partial charge in [-0.2, -0.15) is 0 Å². The second kappa shape index (κ2) is 7.81. The van der Waals surface area contributed by atoms with Crippen LogP contribution >= 0.6 is 0 Å². The minimum absolute atomic E-state index is 0.0283. The zero-order chi connectivity index (χ0) is 19.3. The Hall–Kier alpha value is -3.49. The molecule has 3 rings (SSSR count). The van der Waals surface area contributed by atoms with E-state index in [4.69, 9.17) is 15.3 Å². The third-order valence-corrected chi connectivity index (χ3v) is 4.12. The molecule has 9 heteroatoms. The van der Waals surface area contributed by atoms with Crippen molar-refractivity contribution in [3.8, 4) is 0 Å². The summed E-state index contributed by atoms with van der Waals surface area (Å²) in [6.45, 7) is 0.0857. The number of nitrogen functional groups attached to an aromatic ring is 1. The first-order valence-corrected chi connectivity index (χ1v) is 8.25. The highest BCUT2D eigenvalue weighted by molar-refractivity contribution is 6.01. The van der Waals surface area contributed by atoms with E-state index in [1.165, 1.54) is 19.5 Å². The van der Waals surface area contributed by atoms with Crippen LogP contribution in [-0.4, -0.2) is 46.8 Å². The molecular weight excluding hydrogens is 350 g/mol. The molecule has 9 nitrogen and oxygen atoms in total. The average Bonchev–Trinajstić information content (AvgIpc) is 3.10. The largest absolute Gasteiger partial charge is 0.466 e. The molecule has 3 N–H and O–H groups in total. The highest BCUT2D eigenvalue weighted by Gasteiger charge is 2.47. The van der Waals surface area contributed by atoms with Crippen molar-refractivity contribution in [2.45, 2.75) is 18.4 Å². The monoisotopic (exact) mass is 369 g/mol. The minimum atomic E-state index is -1.25. The number of hydrogen-bond acceptors (Lipinski definition) is 8. The number of benzene rings is 1. The lowest BCUT2D eigenvalue weighted by Gasteiger charge is -2.23. The van der Waals surface area contributed by atoms with Crippen LogP contribution in [0.3, 0.4) is 0 Å². The van der Waals surface area contributed by atoms with Gasteiger partial charge >= 0.3 is 5.97 Å². The Kier molecular flexibility index (Phi) is 5.30. The predicted molar refractivity (Wildman–Crippen MR) is 96.8 cm³/mol. The summed E-state index contributed by atoms with van der Waals surface area (Å²) in [5.74, 6) is -0.968. The summed E-state index contributed by atoms with van der Waals surface area (Å²) in [7, 11) is 1.30.